The Morgan fingerprint density at radius 3 is 3.00 bits per heavy atom. The van der Waals surface area contributed by atoms with E-state index in [0.717, 1.165) is 45.8 Å². The number of anilines is 1. The van der Waals surface area contributed by atoms with E-state index in [-0.39, 0.29) is 0 Å². The van der Waals surface area contributed by atoms with Gasteiger partial charge >= 0.3 is 0 Å². The molecule has 118 valence electrons. The Kier molecular flexibility index (Phi) is 6.49. The van der Waals surface area contributed by atoms with Gasteiger partial charge in [0.05, 0.1) is 19.3 Å². The Morgan fingerprint density at radius 2 is 2.29 bits per heavy atom. The Balaban J connectivity index is 1.94. The predicted octanol–water partition coefficient (Wildman–Crippen LogP) is 2.35. The number of hydrogen-bond acceptors (Lipinski definition) is 4. The summed E-state index contributed by atoms with van der Waals surface area (Å²) in [5.41, 5.74) is 4.02. The van der Waals surface area contributed by atoms with E-state index in [0.29, 0.717) is 6.10 Å². The first kappa shape index (κ1) is 16.3. The fourth-order valence-electron chi connectivity index (χ4n) is 2.67. The van der Waals surface area contributed by atoms with Crippen LogP contribution in [-0.4, -0.2) is 46.1 Å². The van der Waals surface area contributed by atoms with Gasteiger partial charge in [-0.25, -0.2) is 0 Å². The molecule has 1 unspecified atom stereocenters. The highest BCUT2D eigenvalue weighted by Gasteiger charge is 2.19. The van der Waals surface area contributed by atoms with Crippen molar-refractivity contribution < 1.29 is 9.47 Å². The van der Waals surface area contributed by atoms with E-state index in [1.165, 1.54) is 16.8 Å². The summed E-state index contributed by atoms with van der Waals surface area (Å²) in [6.45, 7) is 9.74. The second kappa shape index (κ2) is 8.37. The first-order valence-electron chi connectivity index (χ1n) is 7.90. The summed E-state index contributed by atoms with van der Waals surface area (Å²) in [5.74, 6) is 0. The summed E-state index contributed by atoms with van der Waals surface area (Å²) in [5, 5.41) is 3.40. The second-order valence-corrected chi connectivity index (χ2v) is 5.63. The molecule has 1 aromatic carbocycles. The number of methoxy groups -OCH3 is 1. The smallest absolute Gasteiger partial charge is 0.0748 e. The molecular formula is C17H28N2O2. The SMILES string of the molecule is CCC1CN(c2ccc(CNCCOC)c(C)c2)CCO1. The van der Waals surface area contributed by atoms with Gasteiger partial charge < -0.3 is 19.7 Å². The lowest BCUT2D eigenvalue weighted by atomic mass is 10.1. The maximum Gasteiger partial charge on any atom is 0.0748 e. The van der Waals surface area contributed by atoms with E-state index in [2.05, 4.69) is 42.3 Å². The van der Waals surface area contributed by atoms with Crippen molar-refractivity contribution >= 4 is 5.69 Å². The van der Waals surface area contributed by atoms with Crippen LogP contribution in [0.3, 0.4) is 0 Å². The zero-order chi connectivity index (χ0) is 15.1. The van der Waals surface area contributed by atoms with Gasteiger partial charge in [0.15, 0.2) is 0 Å². The molecule has 0 spiro atoms. The van der Waals surface area contributed by atoms with Gasteiger partial charge in [-0.3, -0.25) is 0 Å². The Labute approximate surface area is 128 Å². The standard InChI is InChI=1S/C17H28N2O2/c1-4-17-13-19(8-10-21-17)16-6-5-15(14(2)11-16)12-18-7-9-20-3/h5-6,11,17-18H,4,7-10,12-13H2,1-3H3. The lowest BCUT2D eigenvalue weighted by Crippen LogP contribution is -2.42. The molecular weight excluding hydrogens is 264 g/mol. The minimum Gasteiger partial charge on any atom is -0.383 e. The van der Waals surface area contributed by atoms with Crippen LogP contribution < -0.4 is 10.2 Å². The summed E-state index contributed by atoms with van der Waals surface area (Å²) in [4.78, 5) is 2.44. The summed E-state index contributed by atoms with van der Waals surface area (Å²) >= 11 is 0. The highest BCUT2D eigenvalue weighted by atomic mass is 16.5. The molecule has 1 fully saturated rings. The molecule has 2 rings (SSSR count). The lowest BCUT2D eigenvalue weighted by molar-refractivity contribution is 0.0384. The van der Waals surface area contributed by atoms with Crippen molar-refractivity contribution in [2.75, 3.05) is 44.9 Å². The van der Waals surface area contributed by atoms with Crippen molar-refractivity contribution in [1.29, 1.82) is 0 Å². The van der Waals surface area contributed by atoms with E-state index < -0.39 is 0 Å². The quantitative estimate of drug-likeness (QED) is 0.782. The van der Waals surface area contributed by atoms with Crippen LogP contribution in [0.5, 0.6) is 0 Å². The first-order chi connectivity index (χ1) is 10.2. The molecule has 0 radical (unpaired) electrons. The van der Waals surface area contributed by atoms with Gasteiger partial charge in [-0.2, -0.15) is 0 Å². The topological polar surface area (TPSA) is 33.7 Å². The second-order valence-electron chi connectivity index (χ2n) is 5.63. The van der Waals surface area contributed by atoms with Gasteiger partial charge in [0, 0.05) is 39.0 Å². The molecule has 0 aromatic heterocycles. The number of morpholine rings is 1. The highest BCUT2D eigenvalue weighted by molar-refractivity contribution is 5.51. The first-order valence-corrected chi connectivity index (χ1v) is 7.90. The molecule has 4 heteroatoms. The average Bonchev–Trinajstić information content (AvgIpc) is 2.53. The van der Waals surface area contributed by atoms with Crippen LogP contribution in [0.25, 0.3) is 0 Å². The molecule has 1 aliphatic rings. The fourth-order valence-corrected chi connectivity index (χ4v) is 2.67. The van der Waals surface area contributed by atoms with E-state index >= 15 is 0 Å². The van der Waals surface area contributed by atoms with E-state index in [4.69, 9.17) is 9.47 Å². The number of hydrogen-bond donors (Lipinski definition) is 1. The van der Waals surface area contributed by atoms with Crippen LogP contribution in [0, 0.1) is 6.92 Å². The van der Waals surface area contributed by atoms with Crippen LogP contribution in [0.2, 0.25) is 0 Å². The molecule has 0 bridgehead atoms. The number of ether oxygens (including phenoxy) is 2. The summed E-state index contributed by atoms with van der Waals surface area (Å²) in [6.07, 6.45) is 1.45. The molecule has 4 nitrogen and oxygen atoms in total. The van der Waals surface area contributed by atoms with Crippen molar-refractivity contribution in [2.24, 2.45) is 0 Å². The molecule has 1 N–H and O–H groups in total. The minimum absolute atomic E-state index is 0.370. The van der Waals surface area contributed by atoms with Crippen LogP contribution >= 0.6 is 0 Å². The molecule has 1 saturated heterocycles. The minimum atomic E-state index is 0.370. The third kappa shape index (κ3) is 4.70. The number of nitrogens with zero attached hydrogens (tertiary/aromatic N) is 1. The van der Waals surface area contributed by atoms with Crippen LogP contribution in [0.1, 0.15) is 24.5 Å². The van der Waals surface area contributed by atoms with Crippen molar-refractivity contribution in [2.45, 2.75) is 32.9 Å². The van der Waals surface area contributed by atoms with Crippen LogP contribution in [0.4, 0.5) is 5.69 Å². The normalized spacial score (nSPS) is 19.0. The molecule has 1 aromatic rings. The lowest BCUT2D eigenvalue weighted by Gasteiger charge is -2.34. The van der Waals surface area contributed by atoms with E-state index in [1.807, 2.05) is 0 Å². The maximum atomic E-state index is 5.75. The monoisotopic (exact) mass is 292 g/mol. The maximum absolute atomic E-state index is 5.75. The van der Waals surface area contributed by atoms with Crippen molar-refractivity contribution in [3.8, 4) is 0 Å². The van der Waals surface area contributed by atoms with Gasteiger partial charge in [-0.05, 0) is 36.6 Å². The van der Waals surface area contributed by atoms with E-state index in [9.17, 15) is 0 Å². The molecule has 1 atom stereocenters. The molecule has 0 amide bonds. The number of aryl methyl sites for hydroxylation is 1. The zero-order valence-electron chi connectivity index (χ0n) is 13.5. The van der Waals surface area contributed by atoms with Gasteiger partial charge in [-0.1, -0.05) is 13.0 Å². The van der Waals surface area contributed by atoms with Gasteiger partial charge in [-0.15, -0.1) is 0 Å². The summed E-state index contributed by atoms with van der Waals surface area (Å²) < 4.78 is 10.8. The van der Waals surface area contributed by atoms with Crippen molar-refractivity contribution in [3.05, 3.63) is 29.3 Å². The molecule has 1 aliphatic heterocycles. The predicted molar refractivity (Wildman–Crippen MR) is 87.0 cm³/mol. The molecule has 1 heterocycles. The van der Waals surface area contributed by atoms with Crippen LogP contribution in [-0.2, 0) is 16.0 Å². The Bertz CT molecular complexity index is 437. The Hall–Kier alpha value is -1.10. The van der Waals surface area contributed by atoms with E-state index in [1.54, 1.807) is 7.11 Å². The molecule has 0 aliphatic carbocycles. The van der Waals surface area contributed by atoms with Gasteiger partial charge in [0.2, 0.25) is 0 Å². The largest absolute Gasteiger partial charge is 0.383 e. The average molecular weight is 292 g/mol. The molecule has 0 saturated carbocycles. The third-order valence-electron chi connectivity index (χ3n) is 4.08. The van der Waals surface area contributed by atoms with Gasteiger partial charge in [0.25, 0.3) is 0 Å². The number of benzene rings is 1. The van der Waals surface area contributed by atoms with Crippen molar-refractivity contribution in [1.82, 2.24) is 5.32 Å². The number of nitrogens with one attached hydrogen (secondary N) is 1. The third-order valence-corrected chi connectivity index (χ3v) is 4.08. The highest BCUT2D eigenvalue weighted by Crippen LogP contribution is 2.22. The summed E-state index contributed by atoms with van der Waals surface area (Å²) in [7, 11) is 1.73. The summed E-state index contributed by atoms with van der Waals surface area (Å²) in [6, 6.07) is 6.77. The Morgan fingerprint density at radius 1 is 1.43 bits per heavy atom. The molecule has 21 heavy (non-hydrogen) atoms. The van der Waals surface area contributed by atoms with Crippen molar-refractivity contribution in [3.63, 3.8) is 0 Å². The van der Waals surface area contributed by atoms with Gasteiger partial charge in [0.1, 0.15) is 0 Å². The number of rotatable bonds is 7. The zero-order valence-corrected chi connectivity index (χ0v) is 13.5. The fraction of sp³-hybridized carbons (Fsp3) is 0.647. The van der Waals surface area contributed by atoms with Crippen LogP contribution in [0.15, 0.2) is 18.2 Å².